The summed E-state index contributed by atoms with van der Waals surface area (Å²) >= 11 is 0. The normalized spacial score (nSPS) is 12.9. The number of hydrogen-bond acceptors (Lipinski definition) is 4. The quantitative estimate of drug-likeness (QED) is 0.188. The molecule has 1 amide bonds. The molecule has 0 saturated carbocycles. The molecule has 0 aliphatic carbocycles. The Morgan fingerprint density at radius 1 is 1.03 bits per heavy atom. The van der Waals surface area contributed by atoms with Crippen LogP contribution < -0.4 is 15.4 Å². The molecule has 7 nitrogen and oxygen atoms in total. The Balaban J connectivity index is 0.00000380. The number of amidine groups is 1. The van der Waals surface area contributed by atoms with E-state index in [2.05, 4.69) is 4.72 Å². The van der Waals surface area contributed by atoms with Crippen molar-refractivity contribution in [2.75, 3.05) is 16.2 Å². The molecule has 1 aliphatic rings. The predicted octanol–water partition coefficient (Wildman–Crippen LogP) is 5.23. The van der Waals surface area contributed by atoms with E-state index in [4.69, 9.17) is 11.1 Å². The molecule has 0 unspecified atom stereocenters. The molecule has 0 atom stereocenters. The lowest BCUT2D eigenvalue weighted by atomic mass is 10.00. The van der Waals surface area contributed by atoms with Crippen LogP contribution >= 0.6 is 24.0 Å². The number of nitrogens with two attached hydrogens (primary N) is 1. The second-order valence-corrected chi connectivity index (χ2v) is 11.1. The summed E-state index contributed by atoms with van der Waals surface area (Å²) in [5.41, 5.74) is 11.9. The van der Waals surface area contributed by atoms with Gasteiger partial charge in [0.2, 0.25) is 5.91 Å². The molecule has 1 aliphatic heterocycles. The minimum absolute atomic E-state index is 0. The van der Waals surface area contributed by atoms with Gasteiger partial charge in [0.15, 0.2) is 0 Å². The first-order chi connectivity index (χ1) is 17.0. The van der Waals surface area contributed by atoms with E-state index in [0.29, 0.717) is 46.7 Å². The van der Waals surface area contributed by atoms with Crippen molar-refractivity contribution in [3.05, 3.63) is 88.0 Å². The SMILES string of the molecule is Cc1cc(C)c(S(=O)(=O)Nc2ccc3c(c2)CCCN3C(=O)CCc2ccc(C(=N)N)cc2)c(C)c1.I. The number of hydrogen-bond donors (Lipinski definition) is 3. The zero-order chi connectivity index (χ0) is 26.0. The maximum Gasteiger partial charge on any atom is 0.262 e. The lowest BCUT2D eigenvalue weighted by Gasteiger charge is -2.30. The van der Waals surface area contributed by atoms with Crippen molar-refractivity contribution in [2.45, 2.75) is 51.3 Å². The number of carbonyl (C=O) groups excluding carboxylic acids is 1. The van der Waals surface area contributed by atoms with Gasteiger partial charge in [0.05, 0.1) is 4.90 Å². The van der Waals surface area contributed by atoms with E-state index in [9.17, 15) is 13.2 Å². The molecule has 0 spiro atoms. The second kappa shape index (κ2) is 11.6. The van der Waals surface area contributed by atoms with Crippen LogP contribution in [0.3, 0.4) is 0 Å². The summed E-state index contributed by atoms with van der Waals surface area (Å²) in [6.45, 7) is 6.21. The van der Waals surface area contributed by atoms with Gasteiger partial charge in [-0.25, -0.2) is 8.42 Å². The number of amides is 1. The number of sulfonamides is 1. The minimum atomic E-state index is -3.75. The third-order valence-electron chi connectivity index (χ3n) is 6.52. The molecular formula is C28H33IN4O3S. The van der Waals surface area contributed by atoms with Gasteiger partial charge in [-0.3, -0.25) is 14.9 Å². The fraction of sp³-hybridized carbons (Fsp3) is 0.286. The molecule has 196 valence electrons. The monoisotopic (exact) mass is 632 g/mol. The molecule has 3 aromatic carbocycles. The summed E-state index contributed by atoms with van der Waals surface area (Å²) in [7, 11) is -3.75. The molecule has 0 fully saturated rings. The number of carbonyl (C=O) groups is 1. The Kier molecular flexibility index (Phi) is 9.01. The van der Waals surface area contributed by atoms with Crippen molar-refractivity contribution in [3.8, 4) is 0 Å². The van der Waals surface area contributed by atoms with Gasteiger partial charge in [-0.1, -0.05) is 42.0 Å². The average molecular weight is 633 g/mol. The highest BCUT2D eigenvalue weighted by atomic mass is 127. The molecule has 37 heavy (non-hydrogen) atoms. The molecule has 4 N–H and O–H groups in total. The lowest BCUT2D eigenvalue weighted by Crippen LogP contribution is -2.35. The maximum absolute atomic E-state index is 13.2. The zero-order valence-corrected chi connectivity index (χ0v) is 24.4. The number of halogens is 1. The molecule has 0 saturated heterocycles. The second-order valence-electron chi connectivity index (χ2n) is 9.44. The summed E-state index contributed by atoms with van der Waals surface area (Å²) in [6, 6.07) is 16.5. The van der Waals surface area contributed by atoms with Gasteiger partial charge < -0.3 is 10.6 Å². The van der Waals surface area contributed by atoms with E-state index in [1.165, 1.54) is 0 Å². The summed E-state index contributed by atoms with van der Waals surface area (Å²) < 4.78 is 29.1. The van der Waals surface area contributed by atoms with Crippen molar-refractivity contribution in [3.63, 3.8) is 0 Å². The molecule has 0 radical (unpaired) electrons. The summed E-state index contributed by atoms with van der Waals surface area (Å²) in [6.07, 6.45) is 2.55. The fourth-order valence-electron chi connectivity index (χ4n) is 4.95. The van der Waals surface area contributed by atoms with Crippen LogP contribution in [0.5, 0.6) is 0 Å². The molecule has 4 rings (SSSR count). The van der Waals surface area contributed by atoms with E-state index in [1.54, 1.807) is 23.1 Å². The minimum Gasteiger partial charge on any atom is -0.384 e. The first-order valence-corrected chi connectivity index (χ1v) is 13.5. The van der Waals surface area contributed by atoms with Gasteiger partial charge in [-0.05, 0) is 80.5 Å². The lowest BCUT2D eigenvalue weighted by molar-refractivity contribution is -0.118. The largest absolute Gasteiger partial charge is 0.384 e. The summed E-state index contributed by atoms with van der Waals surface area (Å²) in [4.78, 5) is 15.2. The highest BCUT2D eigenvalue weighted by molar-refractivity contribution is 14.0. The van der Waals surface area contributed by atoms with Crippen molar-refractivity contribution in [1.29, 1.82) is 5.41 Å². The third kappa shape index (κ3) is 6.51. The molecule has 9 heteroatoms. The molecule has 0 aromatic heterocycles. The van der Waals surface area contributed by atoms with Crippen LogP contribution in [-0.4, -0.2) is 26.7 Å². The predicted molar refractivity (Wildman–Crippen MR) is 160 cm³/mol. The van der Waals surface area contributed by atoms with E-state index in [0.717, 1.165) is 35.2 Å². The standard InChI is InChI=1S/C28H32N4O3S.HI/c1-18-15-19(2)27(20(3)16-18)36(34,35)31-24-11-12-25-23(17-24)5-4-14-32(25)26(33)13-8-21-6-9-22(10-7-21)28(29)30;/h6-7,9-12,15-17,31H,4-5,8,13-14H2,1-3H3,(H3,29,30);1H. The number of nitrogens with one attached hydrogen (secondary N) is 2. The molecule has 0 bridgehead atoms. The average Bonchev–Trinajstić information content (AvgIpc) is 2.81. The smallest absolute Gasteiger partial charge is 0.262 e. The number of nitrogen functional groups attached to an aromatic ring is 1. The zero-order valence-electron chi connectivity index (χ0n) is 21.3. The highest BCUT2D eigenvalue weighted by Crippen LogP contribution is 2.32. The Morgan fingerprint density at radius 2 is 1.68 bits per heavy atom. The molecule has 3 aromatic rings. The number of anilines is 2. The summed E-state index contributed by atoms with van der Waals surface area (Å²) in [5, 5.41) is 7.49. The van der Waals surface area contributed by atoms with Gasteiger partial charge in [0.1, 0.15) is 5.84 Å². The molecule has 1 heterocycles. The van der Waals surface area contributed by atoms with Crippen LogP contribution in [0.4, 0.5) is 11.4 Å². The fourth-order valence-corrected chi connectivity index (χ4v) is 6.46. The van der Waals surface area contributed by atoms with Gasteiger partial charge in [-0.2, -0.15) is 0 Å². The van der Waals surface area contributed by atoms with Crippen LogP contribution in [0.15, 0.2) is 59.5 Å². The number of rotatable bonds is 7. The number of fused-ring (bicyclic) bond motifs is 1. The first kappa shape index (κ1) is 28.6. The van der Waals surface area contributed by atoms with Gasteiger partial charge in [-0.15, -0.1) is 24.0 Å². The van der Waals surface area contributed by atoms with E-state index in [-0.39, 0.29) is 35.7 Å². The third-order valence-corrected chi connectivity index (χ3v) is 8.20. The van der Waals surface area contributed by atoms with Gasteiger partial charge in [0.25, 0.3) is 10.0 Å². The van der Waals surface area contributed by atoms with Gasteiger partial charge >= 0.3 is 0 Å². The van der Waals surface area contributed by atoms with Gasteiger partial charge in [0, 0.05) is 29.9 Å². The van der Waals surface area contributed by atoms with E-state index >= 15 is 0 Å². The highest BCUT2D eigenvalue weighted by Gasteiger charge is 2.24. The van der Waals surface area contributed by atoms with Crippen molar-refractivity contribution in [1.82, 2.24) is 0 Å². The van der Waals surface area contributed by atoms with Crippen LogP contribution in [0.25, 0.3) is 0 Å². The Morgan fingerprint density at radius 3 is 2.30 bits per heavy atom. The van der Waals surface area contributed by atoms with E-state index < -0.39 is 10.0 Å². The maximum atomic E-state index is 13.2. The van der Waals surface area contributed by atoms with Crippen molar-refractivity contribution in [2.24, 2.45) is 5.73 Å². The Hall–Kier alpha value is -2.92. The number of aryl methyl sites for hydroxylation is 5. The van der Waals surface area contributed by atoms with Crippen LogP contribution in [0, 0.1) is 26.2 Å². The van der Waals surface area contributed by atoms with Crippen molar-refractivity contribution >= 4 is 57.1 Å². The topological polar surface area (TPSA) is 116 Å². The van der Waals surface area contributed by atoms with Crippen LogP contribution in [-0.2, 0) is 27.7 Å². The van der Waals surface area contributed by atoms with Crippen LogP contribution in [0.2, 0.25) is 0 Å². The summed E-state index contributed by atoms with van der Waals surface area (Å²) in [5.74, 6) is 0.0548. The Labute approximate surface area is 236 Å². The number of benzene rings is 3. The Bertz CT molecular complexity index is 1410. The van der Waals surface area contributed by atoms with Crippen molar-refractivity contribution < 1.29 is 13.2 Å². The van der Waals surface area contributed by atoms with Crippen LogP contribution in [0.1, 0.15) is 46.2 Å². The number of nitrogens with zero attached hydrogens (tertiary/aromatic N) is 1. The molecular weight excluding hydrogens is 599 g/mol. The first-order valence-electron chi connectivity index (χ1n) is 12.0. The van der Waals surface area contributed by atoms with E-state index in [1.807, 2.05) is 57.2 Å².